The minimum absolute atomic E-state index is 0.241. The Morgan fingerprint density at radius 2 is 1.71 bits per heavy atom. The van der Waals surface area contributed by atoms with Gasteiger partial charge in [-0.25, -0.2) is 19.6 Å². The normalized spacial score (nSPS) is 9.18. The number of hydrogen-bond donors (Lipinski definition) is 3. The summed E-state index contributed by atoms with van der Waals surface area (Å²) in [5, 5.41) is 15.6. The van der Waals surface area contributed by atoms with Crippen molar-refractivity contribution in [2.45, 2.75) is 0 Å². The van der Waals surface area contributed by atoms with Crippen molar-refractivity contribution in [3.63, 3.8) is 0 Å². The summed E-state index contributed by atoms with van der Waals surface area (Å²) >= 11 is 0. The predicted octanol–water partition coefficient (Wildman–Crippen LogP) is -0.713. The summed E-state index contributed by atoms with van der Waals surface area (Å²) in [6.07, 6.45) is 3.86. The average molecular weight is 239 g/mol. The minimum Gasteiger partial charge on any atom is -0.478 e. The van der Waals surface area contributed by atoms with E-state index in [1.807, 2.05) is 0 Å². The molecule has 0 aliphatic rings. The molecule has 17 heavy (non-hydrogen) atoms. The van der Waals surface area contributed by atoms with Gasteiger partial charge in [-0.15, -0.1) is 0 Å². The van der Waals surface area contributed by atoms with Crippen molar-refractivity contribution >= 4 is 17.8 Å². The van der Waals surface area contributed by atoms with Gasteiger partial charge in [-0.05, 0) is 6.07 Å². The molecule has 0 atom stereocenters. The summed E-state index contributed by atoms with van der Waals surface area (Å²) in [7, 11) is 0. The van der Waals surface area contributed by atoms with Crippen LogP contribution in [0.25, 0.3) is 0 Å². The molecule has 0 aromatic carbocycles. The second-order valence-corrected chi connectivity index (χ2v) is 2.47. The fourth-order valence-corrected chi connectivity index (χ4v) is 0.579. The molecule has 1 aromatic rings. The molecule has 8 nitrogen and oxygen atoms in total. The van der Waals surface area contributed by atoms with Gasteiger partial charge in [0.1, 0.15) is 12.0 Å². The number of nitrogens with two attached hydrogens (primary N) is 1. The molecule has 0 spiro atoms. The van der Waals surface area contributed by atoms with E-state index in [0.29, 0.717) is 12.2 Å². The largest absolute Gasteiger partial charge is 0.478 e. The van der Waals surface area contributed by atoms with Gasteiger partial charge in [0.2, 0.25) is 0 Å². The Labute approximate surface area is 95.4 Å². The monoisotopic (exact) mass is 239 g/mol. The molecule has 0 unspecified atom stereocenters. The van der Waals surface area contributed by atoms with Crippen molar-refractivity contribution in [3.05, 3.63) is 36.4 Å². The standard InChI is InChI=1S/C5H5N3O.C4H4O4/c6-5(9)4-1-2-7-3-8-4;5-3(6)1-2-4(7)8/h1-3H,(H2,6,9);1-2H,(H,5,6)(H,7,8)/b;2-1+. The first-order valence-electron chi connectivity index (χ1n) is 4.13. The lowest BCUT2D eigenvalue weighted by Gasteiger charge is -1.87. The van der Waals surface area contributed by atoms with Crippen LogP contribution in [-0.4, -0.2) is 38.0 Å². The second-order valence-electron chi connectivity index (χ2n) is 2.47. The molecular formula is C9H9N3O5. The van der Waals surface area contributed by atoms with Crippen LogP contribution in [-0.2, 0) is 9.59 Å². The zero-order chi connectivity index (χ0) is 13.3. The lowest BCUT2D eigenvalue weighted by molar-refractivity contribution is -0.134. The maximum Gasteiger partial charge on any atom is 0.328 e. The van der Waals surface area contributed by atoms with Crippen molar-refractivity contribution < 1.29 is 24.6 Å². The third-order valence-electron chi connectivity index (χ3n) is 1.20. The Morgan fingerprint density at radius 1 is 1.18 bits per heavy atom. The van der Waals surface area contributed by atoms with Crippen LogP contribution < -0.4 is 5.73 Å². The van der Waals surface area contributed by atoms with Crippen LogP contribution in [0.5, 0.6) is 0 Å². The fourth-order valence-electron chi connectivity index (χ4n) is 0.579. The number of carboxylic acid groups (broad SMARTS) is 2. The molecule has 8 heteroatoms. The van der Waals surface area contributed by atoms with Gasteiger partial charge in [-0.3, -0.25) is 4.79 Å². The van der Waals surface area contributed by atoms with Crippen LogP contribution in [0.3, 0.4) is 0 Å². The number of hydrogen-bond acceptors (Lipinski definition) is 5. The SMILES string of the molecule is NC(=O)c1ccncn1.O=C(O)/C=C/C(=O)O. The van der Waals surface area contributed by atoms with Crippen molar-refractivity contribution in [1.82, 2.24) is 9.97 Å². The van der Waals surface area contributed by atoms with Crippen molar-refractivity contribution in [3.8, 4) is 0 Å². The zero-order valence-electron chi connectivity index (χ0n) is 8.48. The molecule has 90 valence electrons. The number of carbonyl (C=O) groups excluding carboxylic acids is 1. The van der Waals surface area contributed by atoms with Gasteiger partial charge in [-0.2, -0.15) is 0 Å². The number of rotatable bonds is 3. The van der Waals surface area contributed by atoms with E-state index < -0.39 is 17.8 Å². The molecule has 1 aromatic heterocycles. The Kier molecular flexibility index (Phi) is 6.29. The van der Waals surface area contributed by atoms with Crippen LogP contribution in [0.1, 0.15) is 10.5 Å². The van der Waals surface area contributed by atoms with Crippen LogP contribution in [0.15, 0.2) is 30.7 Å². The molecule has 0 aliphatic heterocycles. The first-order chi connectivity index (χ1) is 7.93. The molecule has 1 heterocycles. The van der Waals surface area contributed by atoms with Crippen LogP contribution in [0.2, 0.25) is 0 Å². The number of amides is 1. The van der Waals surface area contributed by atoms with E-state index >= 15 is 0 Å². The third kappa shape index (κ3) is 8.24. The van der Waals surface area contributed by atoms with Gasteiger partial charge in [0, 0.05) is 18.3 Å². The summed E-state index contributed by atoms with van der Waals surface area (Å²) in [4.78, 5) is 36.6. The highest BCUT2D eigenvalue weighted by molar-refractivity contribution is 5.90. The van der Waals surface area contributed by atoms with Gasteiger partial charge >= 0.3 is 11.9 Å². The molecule has 1 amide bonds. The summed E-state index contributed by atoms with van der Waals surface area (Å²) < 4.78 is 0. The quantitative estimate of drug-likeness (QED) is 0.590. The lowest BCUT2D eigenvalue weighted by atomic mass is 10.4. The Bertz CT molecular complexity index is 414. The van der Waals surface area contributed by atoms with Crippen LogP contribution in [0, 0.1) is 0 Å². The Morgan fingerprint density at radius 3 is 1.94 bits per heavy atom. The molecule has 0 radical (unpaired) electrons. The Balaban J connectivity index is 0.000000304. The second kappa shape index (κ2) is 7.51. The van der Waals surface area contributed by atoms with Crippen LogP contribution in [0.4, 0.5) is 0 Å². The van der Waals surface area contributed by atoms with Gasteiger partial charge in [-0.1, -0.05) is 0 Å². The number of carboxylic acids is 2. The summed E-state index contributed by atoms with van der Waals surface area (Å²) in [5.41, 5.74) is 5.13. The summed E-state index contributed by atoms with van der Waals surface area (Å²) in [6.45, 7) is 0. The van der Waals surface area contributed by atoms with Gasteiger partial charge in [0.25, 0.3) is 5.91 Å². The summed E-state index contributed by atoms with van der Waals surface area (Å²) in [5.74, 6) is -3.04. The Hall–Kier alpha value is -2.77. The zero-order valence-corrected chi connectivity index (χ0v) is 8.48. The molecule has 0 fully saturated rings. The first kappa shape index (κ1) is 14.2. The molecular weight excluding hydrogens is 230 g/mol. The smallest absolute Gasteiger partial charge is 0.328 e. The highest BCUT2D eigenvalue weighted by Gasteiger charge is 1.96. The predicted molar refractivity (Wildman–Crippen MR) is 55.0 cm³/mol. The molecule has 4 N–H and O–H groups in total. The number of primary amides is 1. The fraction of sp³-hybridized carbons (Fsp3) is 0. The summed E-state index contributed by atoms with van der Waals surface area (Å²) in [6, 6.07) is 1.46. The highest BCUT2D eigenvalue weighted by atomic mass is 16.4. The molecule has 0 aliphatic carbocycles. The number of nitrogens with zero attached hydrogens (tertiary/aromatic N) is 2. The number of aromatic nitrogens is 2. The molecule has 1 rings (SSSR count). The van der Waals surface area contributed by atoms with Gasteiger partial charge in [0.15, 0.2) is 0 Å². The molecule has 0 bridgehead atoms. The van der Waals surface area contributed by atoms with E-state index in [1.165, 1.54) is 18.6 Å². The van der Waals surface area contributed by atoms with Crippen molar-refractivity contribution in [1.29, 1.82) is 0 Å². The van der Waals surface area contributed by atoms with Gasteiger partial charge < -0.3 is 15.9 Å². The molecule has 0 saturated carbocycles. The van der Waals surface area contributed by atoms with E-state index in [0.717, 1.165) is 0 Å². The van der Waals surface area contributed by atoms with Gasteiger partial charge in [0.05, 0.1) is 0 Å². The van der Waals surface area contributed by atoms with E-state index in [1.54, 1.807) is 0 Å². The lowest BCUT2D eigenvalue weighted by Crippen LogP contribution is -2.12. The number of carbonyl (C=O) groups is 3. The maximum absolute atomic E-state index is 10.3. The minimum atomic E-state index is -1.26. The molecule has 0 saturated heterocycles. The number of aliphatic carboxylic acids is 2. The maximum atomic E-state index is 10.3. The van der Waals surface area contributed by atoms with Crippen molar-refractivity contribution in [2.24, 2.45) is 5.73 Å². The van der Waals surface area contributed by atoms with Crippen LogP contribution >= 0.6 is 0 Å². The van der Waals surface area contributed by atoms with Crippen molar-refractivity contribution in [2.75, 3.05) is 0 Å². The van der Waals surface area contributed by atoms with E-state index in [2.05, 4.69) is 9.97 Å². The third-order valence-corrected chi connectivity index (χ3v) is 1.20. The average Bonchev–Trinajstić information content (AvgIpc) is 2.28. The topological polar surface area (TPSA) is 143 Å². The highest BCUT2D eigenvalue weighted by Crippen LogP contribution is 1.85. The van der Waals surface area contributed by atoms with E-state index in [-0.39, 0.29) is 5.69 Å². The van der Waals surface area contributed by atoms with E-state index in [9.17, 15) is 14.4 Å². The van der Waals surface area contributed by atoms with E-state index in [4.69, 9.17) is 15.9 Å². The first-order valence-corrected chi connectivity index (χ1v) is 4.13.